The van der Waals surface area contributed by atoms with Crippen LogP contribution >= 0.6 is 0 Å². The molecule has 1 amide bonds. The van der Waals surface area contributed by atoms with Crippen LogP contribution in [0.2, 0.25) is 0 Å². The van der Waals surface area contributed by atoms with E-state index in [1.54, 1.807) is 0 Å². The summed E-state index contributed by atoms with van der Waals surface area (Å²) in [6, 6.07) is 9.59. The second-order valence-electron chi connectivity index (χ2n) is 4.27. The molecule has 20 heavy (non-hydrogen) atoms. The van der Waals surface area contributed by atoms with Crippen molar-refractivity contribution < 1.29 is 9.53 Å². The Balaban J connectivity index is 2.17. The van der Waals surface area contributed by atoms with E-state index in [9.17, 15) is 4.79 Å². The zero-order valence-electron chi connectivity index (χ0n) is 11.9. The van der Waals surface area contributed by atoms with Crippen LogP contribution in [0.5, 0.6) is 0 Å². The van der Waals surface area contributed by atoms with Gasteiger partial charge < -0.3 is 21.1 Å². The molecule has 0 fully saturated rings. The van der Waals surface area contributed by atoms with Gasteiger partial charge in [-0.2, -0.15) is 0 Å². The van der Waals surface area contributed by atoms with E-state index < -0.39 is 6.09 Å². The molecular weight excluding hydrogens is 254 g/mol. The molecule has 0 aliphatic heterocycles. The number of rotatable bonds is 8. The number of ether oxygens (including phenoxy) is 1. The molecule has 1 aromatic carbocycles. The predicted octanol–water partition coefficient (Wildman–Crippen LogP) is 1.75. The Kier molecular flexibility index (Phi) is 7.91. The molecule has 0 radical (unpaired) electrons. The van der Waals surface area contributed by atoms with E-state index >= 15 is 0 Å². The lowest BCUT2D eigenvalue weighted by Crippen LogP contribution is -2.28. The van der Waals surface area contributed by atoms with Gasteiger partial charge in [0.25, 0.3) is 0 Å². The number of benzene rings is 1. The van der Waals surface area contributed by atoms with E-state index in [0.29, 0.717) is 13.1 Å². The first-order chi connectivity index (χ1) is 9.76. The van der Waals surface area contributed by atoms with Gasteiger partial charge in [0.05, 0.1) is 0 Å². The number of carbonyl (C=O) groups excluding carboxylic acids is 1. The molecule has 0 aromatic heterocycles. The zero-order valence-corrected chi connectivity index (χ0v) is 11.9. The summed E-state index contributed by atoms with van der Waals surface area (Å²) in [5, 5.41) is 5.92. The maximum atomic E-state index is 11.5. The number of amides is 1. The Morgan fingerprint density at radius 1 is 1.25 bits per heavy atom. The molecule has 0 unspecified atom stereocenters. The van der Waals surface area contributed by atoms with Crippen molar-refractivity contribution in [3.05, 3.63) is 47.7 Å². The van der Waals surface area contributed by atoms with Gasteiger partial charge in [0.15, 0.2) is 0 Å². The summed E-state index contributed by atoms with van der Waals surface area (Å²) in [6.45, 7) is 4.09. The molecule has 0 saturated carbocycles. The van der Waals surface area contributed by atoms with Gasteiger partial charge in [0.1, 0.15) is 6.61 Å². The van der Waals surface area contributed by atoms with Gasteiger partial charge in [-0.05, 0) is 12.5 Å². The highest BCUT2D eigenvalue weighted by atomic mass is 16.5. The first-order valence-electron chi connectivity index (χ1n) is 6.80. The molecule has 1 rings (SSSR count). The Labute approximate surface area is 120 Å². The van der Waals surface area contributed by atoms with Crippen molar-refractivity contribution >= 4 is 6.09 Å². The standard InChI is InChI=1S/C15H23N3O2/c1-2-14(17-11-9-16)8-10-18-15(19)20-12-13-6-4-3-5-7-13/h2-7,17H,8-12,16H2,1H3,(H,18,19). The van der Waals surface area contributed by atoms with Gasteiger partial charge >= 0.3 is 6.09 Å². The van der Waals surface area contributed by atoms with Crippen LogP contribution in [0.1, 0.15) is 18.9 Å². The Hall–Kier alpha value is -2.01. The Morgan fingerprint density at radius 3 is 2.65 bits per heavy atom. The van der Waals surface area contributed by atoms with E-state index in [0.717, 1.165) is 24.2 Å². The van der Waals surface area contributed by atoms with Gasteiger partial charge in [-0.1, -0.05) is 36.4 Å². The Morgan fingerprint density at radius 2 is 2.00 bits per heavy atom. The molecule has 0 spiro atoms. The molecule has 0 bridgehead atoms. The summed E-state index contributed by atoms with van der Waals surface area (Å²) in [5.74, 6) is 0. The van der Waals surface area contributed by atoms with Crippen molar-refractivity contribution in [2.24, 2.45) is 5.73 Å². The molecule has 0 aliphatic carbocycles. The van der Waals surface area contributed by atoms with Crippen LogP contribution in [-0.2, 0) is 11.3 Å². The van der Waals surface area contributed by atoms with Crippen molar-refractivity contribution in [3.8, 4) is 0 Å². The first kappa shape index (κ1) is 16.0. The smallest absolute Gasteiger partial charge is 0.407 e. The van der Waals surface area contributed by atoms with Crippen LogP contribution in [0.15, 0.2) is 42.1 Å². The van der Waals surface area contributed by atoms with E-state index in [4.69, 9.17) is 10.5 Å². The number of nitrogens with one attached hydrogen (secondary N) is 2. The third-order valence-corrected chi connectivity index (χ3v) is 2.72. The molecule has 0 atom stereocenters. The van der Waals surface area contributed by atoms with Crippen molar-refractivity contribution in [2.75, 3.05) is 19.6 Å². The van der Waals surface area contributed by atoms with Gasteiger partial charge in [0, 0.05) is 31.8 Å². The van der Waals surface area contributed by atoms with Crippen LogP contribution in [0.4, 0.5) is 4.79 Å². The maximum Gasteiger partial charge on any atom is 0.407 e. The van der Waals surface area contributed by atoms with Crippen LogP contribution in [-0.4, -0.2) is 25.7 Å². The first-order valence-corrected chi connectivity index (χ1v) is 6.80. The largest absolute Gasteiger partial charge is 0.445 e. The summed E-state index contributed by atoms with van der Waals surface area (Å²) < 4.78 is 5.11. The highest BCUT2D eigenvalue weighted by molar-refractivity contribution is 5.67. The SMILES string of the molecule is CC=C(CCNC(=O)OCc1ccccc1)NCCN. The maximum absolute atomic E-state index is 11.5. The quantitative estimate of drug-likeness (QED) is 0.676. The predicted molar refractivity (Wildman–Crippen MR) is 80.1 cm³/mol. The minimum Gasteiger partial charge on any atom is -0.445 e. The molecule has 0 saturated heterocycles. The molecule has 0 aliphatic rings. The monoisotopic (exact) mass is 277 g/mol. The second kappa shape index (κ2) is 9.86. The molecule has 4 N–H and O–H groups in total. The van der Waals surface area contributed by atoms with Crippen molar-refractivity contribution in [1.29, 1.82) is 0 Å². The van der Waals surface area contributed by atoms with Gasteiger partial charge in [0.2, 0.25) is 0 Å². The van der Waals surface area contributed by atoms with Crippen molar-refractivity contribution in [3.63, 3.8) is 0 Å². The molecule has 1 aromatic rings. The summed E-state index contributed by atoms with van der Waals surface area (Å²) >= 11 is 0. The fourth-order valence-corrected chi connectivity index (χ4v) is 1.64. The van der Waals surface area contributed by atoms with Crippen molar-refractivity contribution in [1.82, 2.24) is 10.6 Å². The molecular formula is C15H23N3O2. The van der Waals surface area contributed by atoms with Gasteiger partial charge in [-0.15, -0.1) is 0 Å². The van der Waals surface area contributed by atoms with Gasteiger partial charge in [-0.3, -0.25) is 0 Å². The average Bonchev–Trinajstić information content (AvgIpc) is 2.49. The highest BCUT2D eigenvalue weighted by Crippen LogP contribution is 2.00. The molecule has 0 heterocycles. The van der Waals surface area contributed by atoms with Crippen LogP contribution in [0.25, 0.3) is 0 Å². The number of alkyl carbamates (subject to hydrolysis) is 1. The third-order valence-electron chi connectivity index (χ3n) is 2.72. The molecule has 110 valence electrons. The van der Waals surface area contributed by atoms with E-state index in [2.05, 4.69) is 10.6 Å². The van der Waals surface area contributed by atoms with Crippen LogP contribution < -0.4 is 16.4 Å². The summed E-state index contributed by atoms with van der Waals surface area (Å²) in [7, 11) is 0. The number of nitrogens with two attached hydrogens (primary N) is 1. The van der Waals surface area contributed by atoms with Crippen molar-refractivity contribution in [2.45, 2.75) is 20.0 Å². The summed E-state index contributed by atoms with van der Waals surface area (Å²) in [4.78, 5) is 11.5. The number of hydrogen-bond donors (Lipinski definition) is 3. The minimum atomic E-state index is -0.400. The molecule has 5 nitrogen and oxygen atoms in total. The average molecular weight is 277 g/mol. The number of hydrogen-bond acceptors (Lipinski definition) is 4. The minimum absolute atomic E-state index is 0.286. The lowest BCUT2D eigenvalue weighted by molar-refractivity contribution is 0.140. The van der Waals surface area contributed by atoms with E-state index in [-0.39, 0.29) is 6.61 Å². The highest BCUT2D eigenvalue weighted by Gasteiger charge is 2.02. The topological polar surface area (TPSA) is 76.4 Å². The normalized spacial score (nSPS) is 11.0. The lowest BCUT2D eigenvalue weighted by Gasteiger charge is -2.11. The number of allylic oxidation sites excluding steroid dienone is 1. The van der Waals surface area contributed by atoms with Crippen LogP contribution in [0.3, 0.4) is 0 Å². The van der Waals surface area contributed by atoms with Gasteiger partial charge in [-0.25, -0.2) is 4.79 Å². The van der Waals surface area contributed by atoms with E-state index in [1.165, 1.54) is 0 Å². The number of carbonyl (C=O) groups is 1. The fraction of sp³-hybridized carbons (Fsp3) is 0.400. The second-order valence-corrected chi connectivity index (χ2v) is 4.27. The third kappa shape index (κ3) is 6.80. The summed E-state index contributed by atoms with van der Waals surface area (Å²) in [6.07, 6.45) is 2.31. The zero-order chi connectivity index (χ0) is 14.6. The van der Waals surface area contributed by atoms with E-state index in [1.807, 2.05) is 43.3 Å². The molecule has 5 heteroatoms. The summed E-state index contributed by atoms with van der Waals surface area (Å²) in [5.41, 5.74) is 7.47. The lowest BCUT2D eigenvalue weighted by atomic mass is 10.2. The fourth-order valence-electron chi connectivity index (χ4n) is 1.64. The Bertz CT molecular complexity index is 418. The van der Waals surface area contributed by atoms with Crippen LogP contribution in [0, 0.1) is 0 Å².